The highest BCUT2D eigenvalue weighted by Gasteiger charge is 2.18. The van der Waals surface area contributed by atoms with Crippen LogP contribution in [0.1, 0.15) is 13.8 Å². The number of hydrogen-bond acceptors (Lipinski definition) is 5. The van der Waals surface area contributed by atoms with E-state index in [1.165, 1.54) is 0 Å². The highest BCUT2D eigenvalue weighted by Crippen LogP contribution is 2.18. The van der Waals surface area contributed by atoms with Crippen LogP contribution in [0.15, 0.2) is 36.9 Å². The van der Waals surface area contributed by atoms with Gasteiger partial charge in [0.25, 0.3) is 11.9 Å². The largest absolute Gasteiger partial charge is 0.481 e. The predicted molar refractivity (Wildman–Crippen MR) is 88.4 cm³/mol. The summed E-state index contributed by atoms with van der Waals surface area (Å²) in [4.78, 5) is 26.5. The predicted octanol–water partition coefficient (Wildman–Crippen LogP) is 1.35. The number of carboxylic acid groups (broad SMARTS) is 2. The van der Waals surface area contributed by atoms with Crippen molar-refractivity contribution >= 4 is 11.9 Å². The van der Waals surface area contributed by atoms with Crippen molar-refractivity contribution in [2.24, 2.45) is 5.92 Å². The lowest BCUT2D eigenvalue weighted by Crippen LogP contribution is -2.44. The molecular weight excluding hydrogens is 312 g/mol. The Balaban J connectivity index is 0.000000306. The molecule has 0 spiro atoms. The summed E-state index contributed by atoms with van der Waals surface area (Å²) in [6.07, 6.45) is 7.54. The Hall–Kier alpha value is -2.74. The Morgan fingerprint density at radius 2 is 1.88 bits per heavy atom. The van der Waals surface area contributed by atoms with Gasteiger partial charge in [-0.15, -0.1) is 0 Å². The normalized spacial score (nSPS) is 12.8. The Labute approximate surface area is 140 Å². The van der Waals surface area contributed by atoms with E-state index in [-0.39, 0.29) is 0 Å². The van der Waals surface area contributed by atoms with Gasteiger partial charge in [-0.1, -0.05) is 0 Å². The number of rotatable bonds is 3. The van der Waals surface area contributed by atoms with Gasteiger partial charge in [0.1, 0.15) is 5.82 Å². The van der Waals surface area contributed by atoms with Crippen LogP contribution in [0.4, 0.5) is 0 Å². The van der Waals surface area contributed by atoms with Crippen molar-refractivity contribution in [3.8, 4) is 11.4 Å². The third kappa shape index (κ3) is 7.50. The van der Waals surface area contributed by atoms with Crippen LogP contribution < -0.4 is 5.32 Å². The summed E-state index contributed by atoms with van der Waals surface area (Å²) in [6.45, 7) is 5.44. The number of aromatic nitrogens is 3. The lowest BCUT2D eigenvalue weighted by atomic mass is 10.0. The number of hydrogen-bond donors (Lipinski definition) is 3. The van der Waals surface area contributed by atoms with Crippen molar-refractivity contribution in [3.05, 3.63) is 36.9 Å². The number of carboxylic acids is 2. The first-order chi connectivity index (χ1) is 11.4. The molecule has 8 heteroatoms. The van der Waals surface area contributed by atoms with Crippen molar-refractivity contribution in [3.63, 3.8) is 0 Å². The van der Waals surface area contributed by atoms with Crippen molar-refractivity contribution in [2.45, 2.75) is 20.4 Å². The van der Waals surface area contributed by atoms with Gasteiger partial charge in [0, 0.05) is 69.8 Å². The Kier molecular flexibility index (Phi) is 8.14. The van der Waals surface area contributed by atoms with Crippen LogP contribution in [-0.4, -0.2) is 49.8 Å². The SMILES string of the molecule is CC(=O)O.CC(=O)O.c1cncc(-c2nccn2CC2CNC2)c1. The summed E-state index contributed by atoms with van der Waals surface area (Å²) in [5.74, 6) is 0.0876. The summed E-state index contributed by atoms with van der Waals surface area (Å²) in [6, 6.07) is 3.99. The molecule has 0 bridgehead atoms. The maximum atomic E-state index is 9.00. The van der Waals surface area contributed by atoms with Gasteiger partial charge in [0.05, 0.1) is 0 Å². The molecule has 3 N–H and O–H groups in total. The molecule has 1 aliphatic rings. The van der Waals surface area contributed by atoms with Crippen LogP contribution in [-0.2, 0) is 16.1 Å². The molecule has 1 saturated heterocycles. The molecule has 3 heterocycles. The number of aliphatic carboxylic acids is 2. The van der Waals surface area contributed by atoms with Crippen LogP contribution in [0.2, 0.25) is 0 Å². The van der Waals surface area contributed by atoms with Gasteiger partial charge in [-0.2, -0.15) is 0 Å². The first-order valence-corrected chi connectivity index (χ1v) is 7.41. The fourth-order valence-electron chi connectivity index (χ4n) is 1.97. The number of pyridine rings is 1. The van der Waals surface area contributed by atoms with Gasteiger partial charge in [0.2, 0.25) is 0 Å². The maximum absolute atomic E-state index is 9.00. The van der Waals surface area contributed by atoms with Gasteiger partial charge in [-0.3, -0.25) is 14.6 Å². The van der Waals surface area contributed by atoms with E-state index in [9.17, 15) is 0 Å². The van der Waals surface area contributed by atoms with Crippen LogP contribution in [0, 0.1) is 5.92 Å². The van der Waals surface area contributed by atoms with Gasteiger partial charge >= 0.3 is 0 Å². The van der Waals surface area contributed by atoms with E-state index in [0.29, 0.717) is 0 Å². The average molecular weight is 334 g/mol. The minimum Gasteiger partial charge on any atom is -0.481 e. The Morgan fingerprint density at radius 1 is 1.25 bits per heavy atom. The fraction of sp³-hybridized carbons (Fsp3) is 0.375. The molecule has 130 valence electrons. The summed E-state index contributed by atoms with van der Waals surface area (Å²) in [5, 5.41) is 18.1. The molecule has 1 aliphatic heterocycles. The molecule has 8 nitrogen and oxygen atoms in total. The van der Waals surface area contributed by atoms with Gasteiger partial charge < -0.3 is 20.1 Å². The third-order valence-electron chi connectivity index (χ3n) is 2.96. The van der Waals surface area contributed by atoms with E-state index in [1.54, 1.807) is 6.20 Å². The third-order valence-corrected chi connectivity index (χ3v) is 2.96. The Morgan fingerprint density at radius 3 is 2.33 bits per heavy atom. The number of nitrogens with one attached hydrogen (secondary N) is 1. The second kappa shape index (κ2) is 10.1. The highest BCUT2D eigenvalue weighted by molar-refractivity contribution is 5.63. The molecule has 2 aromatic rings. The van der Waals surface area contributed by atoms with Crippen molar-refractivity contribution < 1.29 is 19.8 Å². The molecule has 1 fully saturated rings. The monoisotopic (exact) mass is 334 g/mol. The van der Waals surface area contributed by atoms with Crippen LogP contribution in [0.5, 0.6) is 0 Å². The molecular formula is C16H22N4O4. The smallest absolute Gasteiger partial charge is 0.300 e. The molecule has 0 saturated carbocycles. The zero-order valence-electron chi connectivity index (χ0n) is 13.7. The second-order valence-corrected chi connectivity index (χ2v) is 5.21. The van der Waals surface area contributed by atoms with Gasteiger partial charge in [-0.25, -0.2) is 4.98 Å². The highest BCUT2D eigenvalue weighted by atomic mass is 16.4. The Bertz CT molecular complexity index is 619. The quantitative estimate of drug-likeness (QED) is 0.775. The van der Waals surface area contributed by atoms with E-state index < -0.39 is 11.9 Å². The topological polar surface area (TPSA) is 117 Å². The van der Waals surface area contributed by atoms with Crippen molar-refractivity contribution in [1.29, 1.82) is 0 Å². The molecule has 24 heavy (non-hydrogen) atoms. The average Bonchev–Trinajstić information content (AvgIpc) is 2.91. The number of carbonyl (C=O) groups is 2. The minimum atomic E-state index is -0.833. The lowest BCUT2D eigenvalue weighted by molar-refractivity contribution is -0.135. The lowest BCUT2D eigenvalue weighted by Gasteiger charge is -2.27. The molecule has 0 aromatic carbocycles. The summed E-state index contributed by atoms with van der Waals surface area (Å²) < 4.78 is 2.21. The fourth-order valence-corrected chi connectivity index (χ4v) is 1.97. The molecule has 0 atom stereocenters. The molecule has 3 rings (SSSR count). The van der Waals surface area contributed by atoms with Gasteiger partial charge in [0.15, 0.2) is 0 Å². The molecule has 0 amide bonds. The minimum absolute atomic E-state index is 0.740. The van der Waals surface area contributed by atoms with E-state index in [1.807, 2.05) is 30.7 Å². The van der Waals surface area contributed by atoms with E-state index in [2.05, 4.69) is 19.9 Å². The number of imidazole rings is 1. The first kappa shape index (κ1) is 19.3. The van der Waals surface area contributed by atoms with Crippen molar-refractivity contribution in [1.82, 2.24) is 19.9 Å². The zero-order chi connectivity index (χ0) is 17.9. The van der Waals surface area contributed by atoms with E-state index >= 15 is 0 Å². The summed E-state index contributed by atoms with van der Waals surface area (Å²) in [7, 11) is 0. The van der Waals surface area contributed by atoms with Crippen molar-refractivity contribution in [2.75, 3.05) is 13.1 Å². The van der Waals surface area contributed by atoms with E-state index in [0.717, 1.165) is 50.8 Å². The zero-order valence-corrected chi connectivity index (χ0v) is 13.7. The maximum Gasteiger partial charge on any atom is 0.300 e. The molecule has 2 aromatic heterocycles. The van der Waals surface area contributed by atoms with Crippen LogP contribution in [0.25, 0.3) is 11.4 Å². The molecule has 0 unspecified atom stereocenters. The molecule has 0 radical (unpaired) electrons. The van der Waals surface area contributed by atoms with Crippen LogP contribution in [0.3, 0.4) is 0 Å². The van der Waals surface area contributed by atoms with E-state index in [4.69, 9.17) is 19.8 Å². The van der Waals surface area contributed by atoms with Crippen LogP contribution >= 0.6 is 0 Å². The standard InChI is InChI=1S/C12H14N4.2C2H4O2/c1-2-11(8-13-3-1)12-15-4-5-16(12)9-10-6-14-7-10;2*1-2(3)4/h1-5,8,10,14H,6-7,9H2;2*1H3,(H,3,4). The first-order valence-electron chi connectivity index (χ1n) is 7.41. The second-order valence-electron chi connectivity index (χ2n) is 5.21. The number of nitrogens with zero attached hydrogens (tertiary/aromatic N) is 3. The summed E-state index contributed by atoms with van der Waals surface area (Å²) >= 11 is 0. The van der Waals surface area contributed by atoms with Gasteiger partial charge in [-0.05, 0) is 12.1 Å². The summed E-state index contributed by atoms with van der Waals surface area (Å²) in [5.41, 5.74) is 1.08. The molecule has 0 aliphatic carbocycles.